The van der Waals surface area contributed by atoms with Crippen molar-refractivity contribution in [1.82, 2.24) is 47.9 Å². The Morgan fingerprint density at radius 2 is 1.09 bits per heavy atom. The Kier molecular flexibility index (Phi) is 27.7. The Labute approximate surface area is 442 Å². The molecule has 32 heteroatoms. The fraction of sp³-hybridized carbons (Fsp3) is 0.756. The van der Waals surface area contributed by atoms with E-state index < -0.39 is 201 Å². The van der Waals surface area contributed by atoms with Crippen LogP contribution in [0.2, 0.25) is 0 Å². The highest BCUT2D eigenvalue weighted by Gasteiger charge is 2.53. The predicted octanol–water partition coefficient (Wildman–Crippen LogP) is -8.13. The van der Waals surface area contributed by atoms with E-state index in [1.807, 2.05) is 0 Å². The number of amides is 9. The second-order valence-corrected chi connectivity index (χ2v) is 18.6. The summed E-state index contributed by atoms with van der Waals surface area (Å²) >= 11 is 0. The van der Waals surface area contributed by atoms with Gasteiger partial charge in [0.1, 0.15) is 91.1 Å². The monoisotopic (exact) mass is 1110 g/mol. The van der Waals surface area contributed by atoms with Crippen molar-refractivity contribution in [2.45, 2.75) is 197 Å². The molecule has 0 aliphatic carbocycles. The number of carbonyl (C=O) groups is 11. The highest BCUT2D eigenvalue weighted by Crippen LogP contribution is 2.31. The van der Waals surface area contributed by atoms with E-state index in [-0.39, 0.29) is 25.8 Å². The summed E-state index contributed by atoms with van der Waals surface area (Å²) in [6, 6.07) is -12.1. The van der Waals surface area contributed by atoms with Crippen LogP contribution in [0.4, 0.5) is 0 Å². The third kappa shape index (κ3) is 21.3. The van der Waals surface area contributed by atoms with Gasteiger partial charge in [0, 0.05) is 26.8 Å². The smallest absolute Gasteiger partial charge is 0.326 e. The Morgan fingerprint density at radius 3 is 1.64 bits per heavy atom. The predicted molar refractivity (Wildman–Crippen MR) is 259 cm³/mol. The first-order chi connectivity index (χ1) is 35.9. The van der Waals surface area contributed by atoms with Gasteiger partial charge in [0.05, 0.1) is 19.3 Å². The van der Waals surface area contributed by atoms with Crippen molar-refractivity contribution in [3.63, 3.8) is 0 Å². The summed E-state index contributed by atoms with van der Waals surface area (Å²) in [7, 11) is 0. The van der Waals surface area contributed by atoms with Crippen molar-refractivity contribution < 1.29 is 107 Å². The quantitative estimate of drug-likeness (QED) is 0.0297. The van der Waals surface area contributed by atoms with E-state index in [1.54, 1.807) is 0 Å². The maximum atomic E-state index is 13.6. The number of carbonyl (C=O) groups excluding carboxylic acids is 9. The molecule has 2 fully saturated rings. The first kappa shape index (κ1) is 66.9. The zero-order valence-electron chi connectivity index (χ0n) is 43.9. The van der Waals surface area contributed by atoms with Gasteiger partial charge in [-0.2, -0.15) is 0 Å². The zero-order chi connectivity index (χ0) is 58.6. The van der Waals surface area contributed by atoms with Gasteiger partial charge in [-0.1, -0.05) is 0 Å². The summed E-state index contributed by atoms with van der Waals surface area (Å²) < 4.78 is 23.2. The first-order valence-electron chi connectivity index (χ1n) is 24.7. The second-order valence-electron chi connectivity index (χ2n) is 18.6. The number of rotatable bonds is 30. The van der Waals surface area contributed by atoms with Gasteiger partial charge in [-0.15, -0.1) is 0 Å². The normalized spacial score (nSPS) is 26.2. The van der Waals surface area contributed by atoms with E-state index in [4.69, 9.17) is 29.8 Å². The fourth-order valence-electron chi connectivity index (χ4n) is 7.61. The van der Waals surface area contributed by atoms with Gasteiger partial charge in [-0.3, -0.25) is 47.9 Å². The van der Waals surface area contributed by atoms with Crippen molar-refractivity contribution >= 4 is 65.1 Å². The van der Waals surface area contributed by atoms with Crippen LogP contribution < -0.4 is 53.6 Å². The van der Waals surface area contributed by atoms with E-state index in [2.05, 4.69) is 47.9 Å². The van der Waals surface area contributed by atoms with Crippen molar-refractivity contribution in [1.29, 1.82) is 0 Å². The molecule has 32 nitrogen and oxygen atoms in total. The number of aliphatic carboxylic acids is 2. The Bertz CT molecular complexity index is 2070. The molecule has 77 heavy (non-hydrogen) atoms. The lowest BCUT2D eigenvalue weighted by molar-refractivity contribution is -0.333. The minimum absolute atomic E-state index is 0.0705. The molecular weight excluding hydrogens is 1030 g/mol. The molecule has 0 bridgehead atoms. The number of nitrogens with two attached hydrogens (primary N) is 1. The Balaban J connectivity index is 2.20. The summed E-state index contributed by atoms with van der Waals surface area (Å²) in [5.74, 6) is -10.3. The van der Waals surface area contributed by atoms with Crippen LogP contribution in [0.1, 0.15) is 87.5 Å². The molecule has 18 unspecified atom stereocenters. The molecule has 0 radical (unpaired) electrons. The van der Waals surface area contributed by atoms with E-state index >= 15 is 0 Å². The lowest BCUT2D eigenvalue weighted by Gasteiger charge is -2.48. The van der Waals surface area contributed by atoms with Crippen molar-refractivity contribution in [2.24, 2.45) is 5.73 Å². The molecule has 9 amide bonds. The van der Waals surface area contributed by atoms with Crippen LogP contribution in [-0.4, -0.2) is 230 Å². The number of carboxylic acid groups (broad SMARTS) is 2. The summed E-state index contributed by atoms with van der Waals surface area (Å²) in [6.45, 7) is 8.13. The molecule has 18 N–H and O–H groups in total. The van der Waals surface area contributed by atoms with E-state index in [9.17, 15) is 83.4 Å². The standard InChI is InChI=1S/C45H76N10O22/c1-17(46)36(63)48-18(2)37(64)47-14-10-9-11-25(41(68)50-19(3)38(65)51-21(5)42(69)70)54-29(60)13-12-26(43(71)72)55-39(66)20(4)49-40(67)22(6)74-35-31(53-24(8)59)44(73)75-28(16-57)34(35)77-45-30(52-23(7)58)33(62)32(61)27(15-56)76-45/h17-22,25-28,30-35,44-45,56-57,61-62,73H,9-16,46H2,1-8H3,(H,47,64)(H,48,63)(H,49,67)(H,50,68)(H,51,65)(H,52,58)(H,53,59)(H,54,60)(H,55,66)(H,69,70)(H,71,72). The molecule has 2 aliphatic heterocycles. The molecular formula is C45H76N10O22. The van der Waals surface area contributed by atoms with Gasteiger partial charge < -0.3 is 108 Å². The first-order valence-corrected chi connectivity index (χ1v) is 24.7. The third-order valence-corrected chi connectivity index (χ3v) is 12.0. The number of unbranched alkanes of at least 4 members (excludes halogenated alkanes) is 1. The largest absolute Gasteiger partial charge is 0.480 e. The van der Waals surface area contributed by atoms with Crippen LogP contribution in [0.3, 0.4) is 0 Å². The number of nitrogens with one attached hydrogen (secondary N) is 9. The van der Waals surface area contributed by atoms with E-state index in [0.717, 1.165) is 20.8 Å². The van der Waals surface area contributed by atoms with Gasteiger partial charge in [0.2, 0.25) is 53.2 Å². The highest BCUT2D eigenvalue weighted by atomic mass is 16.7. The molecule has 438 valence electrons. The molecule has 0 aromatic heterocycles. The van der Waals surface area contributed by atoms with Gasteiger partial charge in [-0.25, -0.2) is 4.79 Å². The maximum absolute atomic E-state index is 13.6. The minimum Gasteiger partial charge on any atom is -0.480 e. The highest BCUT2D eigenvalue weighted by molar-refractivity contribution is 5.94. The second kappa shape index (κ2) is 31.9. The number of aliphatic hydroxyl groups is 5. The van der Waals surface area contributed by atoms with Crippen LogP contribution in [0.5, 0.6) is 0 Å². The van der Waals surface area contributed by atoms with Crippen LogP contribution in [0.15, 0.2) is 0 Å². The molecule has 0 aromatic carbocycles. The van der Waals surface area contributed by atoms with E-state index in [0.29, 0.717) is 0 Å². The Morgan fingerprint density at radius 1 is 0.558 bits per heavy atom. The molecule has 2 rings (SSSR count). The van der Waals surface area contributed by atoms with Crippen molar-refractivity contribution in [2.75, 3.05) is 19.8 Å². The zero-order valence-corrected chi connectivity index (χ0v) is 43.9. The van der Waals surface area contributed by atoms with Gasteiger partial charge >= 0.3 is 11.9 Å². The summed E-state index contributed by atoms with van der Waals surface area (Å²) in [4.78, 5) is 138. The number of carboxylic acids is 2. The van der Waals surface area contributed by atoms with Gasteiger partial charge in [0.25, 0.3) is 0 Å². The molecule has 18 atom stereocenters. The average molecular weight is 1110 g/mol. The summed E-state index contributed by atoms with van der Waals surface area (Å²) in [5, 5.41) is 92.9. The molecule has 2 heterocycles. The topological polar surface area (TPSA) is 501 Å². The molecule has 0 aromatic rings. The van der Waals surface area contributed by atoms with Crippen molar-refractivity contribution in [3.05, 3.63) is 0 Å². The third-order valence-electron chi connectivity index (χ3n) is 12.0. The summed E-state index contributed by atoms with van der Waals surface area (Å²) in [6.07, 6.45) is -15.9. The minimum atomic E-state index is -1.92. The number of hydrogen-bond acceptors (Lipinski definition) is 21. The Hall–Kier alpha value is -6.23. The number of aliphatic hydroxyl groups excluding tert-OH is 5. The number of ether oxygens (including phenoxy) is 4. The van der Waals surface area contributed by atoms with Gasteiger partial charge in [0.15, 0.2) is 12.6 Å². The molecule has 0 saturated carbocycles. The van der Waals surface area contributed by atoms with Crippen LogP contribution >= 0.6 is 0 Å². The lowest BCUT2D eigenvalue weighted by atomic mass is 9.94. The van der Waals surface area contributed by atoms with Crippen LogP contribution in [0, 0.1) is 0 Å². The van der Waals surface area contributed by atoms with Crippen molar-refractivity contribution in [3.8, 4) is 0 Å². The van der Waals surface area contributed by atoms with E-state index in [1.165, 1.54) is 34.6 Å². The summed E-state index contributed by atoms with van der Waals surface area (Å²) in [5.41, 5.74) is 5.52. The lowest BCUT2D eigenvalue weighted by Crippen LogP contribution is -2.70. The van der Waals surface area contributed by atoms with Crippen LogP contribution in [0.25, 0.3) is 0 Å². The molecule has 2 saturated heterocycles. The maximum Gasteiger partial charge on any atom is 0.326 e. The van der Waals surface area contributed by atoms with Crippen LogP contribution in [-0.2, 0) is 71.7 Å². The molecule has 2 aliphatic rings. The number of hydrogen-bond donors (Lipinski definition) is 17. The molecule has 0 spiro atoms. The average Bonchev–Trinajstić information content (AvgIpc) is 3.35. The fourth-order valence-corrected chi connectivity index (χ4v) is 7.61. The van der Waals surface area contributed by atoms with Gasteiger partial charge in [-0.05, 0) is 67.2 Å². The SMILES string of the molecule is CC(=O)NC1C(OC2C(CO)OC(O)C(NC(C)=O)C2OC(C)C(=O)NC(C)C(=O)NC(CCC(=O)NC(CCCCNC(=O)C(C)NC(=O)C(C)N)C(=O)NC(C)C(=O)NC(C)C(=O)O)C(=O)O)OC(CO)C(O)C1O.